The van der Waals surface area contributed by atoms with Gasteiger partial charge in [0, 0.05) is 12.5 Å². The highest BCUT2D eigenvalue weighted by molar-refractivity contribution is 5.76. The van der Waals surface area contributed by atoms with Crippen molar-refractivity contribution in [3.63, 3.8) is 0 Å². The second-order valence-corrected chi connectivity index (χ2v) is 18.9. The van der Waals surface area contributed by atoms with Gasteiger partial charge in [-0.1, -0.05) is 309 Å². The Kier molecular flexibility index (Phi) is 50.1. The molecule has 2 nitrogen and oxygen atoms in total. The second kappa shape index (κ2) is 50.6. The van der Waals surface area contributed by atoms with Gasteiger partial charge >= 0.3 is 0 Å². The number of carbonyl (C=O) groups is 1. The maximum Gasteiger partial charge on any atom is 0.220 e. The summed E-state index contributed by atoms with van der Waals surface area (Å²) >= 11 is 0. The minimum Gasteiger partial charge on any atom is -0.354 e. The van der Waals surface area contributed by atoms with Crippen molar-refractivity contribution in [1.82, 2.24) is 5.32 Å². The van der Waals surface area contributed by atoms with Crippen molar-refractivity contribution >= 4 is 5.91 Å². The summed E-state index contributed by atoms with van der Waals surface area (Å²) < 4.78 is 0. The van der Waals surface area contributed by atoms with Gasteiger partial charge in [-0.3, -0.25) is 4.79 Å². The normalized spacial score (nSPS) is 12.1. The molecular formula is C54H109NO. The number of hydrogen-bond acceptors (Lipinski definition) is 1. The molecule has 0 saturated heterocycles. The maximum atomic E-state index is 12.4. The highest BCUT2D eigenvalue weighted by atomic mass is 16.1. The minimum absolute atomic E-state index is 0.283. The van der Waals surface area contributed by atoms with Crippen LogP contribution in [0.2, 0.25) is 0 Å². The van der Waals surface area contributed by atoms with Gasteiger partial charge in [0.15, 0.2) is 0 Å². The average Bonchev–Trinajstić information content (AvgIpc) is 3.19. The fraction of sp³-hybridized carbons (Fsp3) is 0.981. The van der Waals surface area contributed by atoms with Gasteiger partial charge in [-0.15, -0.1) is 0 Å². The highest BCUT2D eigenvalue weighted by Gasteiger charge is 2.07. The van der Waals surface area contributed by atoms with Gasteiger partial charge < -0.3 is 5.32 Å². The number of nitrogens with one attached hydrogen (secondary N) is 1. The van der Waals surface area contributed by atoms with Gasteiger partial charge in [0.2, 0.25) is 5.91 Å². The lowest BCUT2D eigenvalue weighted by atomic mass is 10.0. The third-order valence-electron chi connectivity index (χ3n) is 12.9. The number of rotatable bonds is 50. The molecule has 0 fully saturated rings. The molecule has 0 aliphatic carbocycles. The topological polar surface area (TPSA) is 29.1 Å². The summed E-state index contributed by atoms with van der Waals surface area (Å²) in [6.07, 6.45) is 68.9. The SMILES string of the molecule is CCCCCCCCCCCCCCCCCCCCCCCCCCC(=O)NC(C)CCCCCCCCCCCCCCCCCCCCCCCCC. The van der Waals surface area contributed by atoms with Crippen LogP contribution in [0.15, 0.2) is 0 Å². The number of amides is 1. The molecule has 2 heteroatoms. The average molecular weight is 788 g/mol. The number of hydrogen-bond donors (Lipinski definition) is 1. The first-order chi connectivity index (χ1) is 27.7. The van der Waals surface area contributed by atoms with Crippen LogP contribution in [0.25, 0.3) is 0 Å². The number of unbranched alkanes of at least 4 members (excludes halogenated alkanes) is 45. The van der Waals surface area contributed by atoms with E-state index >= 15 is 0 Å². The first kappa shape index (κ1) is 55.5. The molecule has 0 rings (SSSR count). The van der Waals surface area contributed by atoms with E-state index in [1.807, 2.05) is 0 Å². The summed E-state index contributed by atoms with van der Waals surface area (Å²) in [4.78, 5) is 12.4. The lowest BCUT2D eigenvalue weighted by Crippen LogP contribution is -2.32. The molecule has 0 heterocycles. The minimum atomic E-state index is 0.283. The molecule has 336 valence electrons. The molecule has 0 aliphatic heterocycles. The molecule has 1 unspecified atom stereocenters. The Balaban J connectivity index is 3.23. The van der Waals surface area contributed by atoms with Gasteiger partial charge in [-0.25, -0.2) is 0 Å². The third kappa shape index (κ3) is 49.6. The van der Waals surface area contributed by atoms with Crippen LogP contribution in [0, 0.1) is 0 Å². The molecule has 0 bridgehead atoms. The molecule has 1 N–H and O–H groups in total. The first-order valence-corrected chi connectivity index (χ1v) is 27.0. The maximum absolute atomic E-state index is 12.4. The van der Waals surface area contributed by atoms with Gasteiger partial charge in [-0.2, -0.15) is 0 Å². The van der Waals surface area contributed by atoms with E-state index in [4.69, 9.17) is 0 Å². The van der Waals surface area contributed by atoms with Gasteiger partial charge in [0.05, 0.1) is 0 Å². The third-order valence-corrected chi connectivity index (χ3v) is 12.9. The van der Waals surface area contributed by atoms with E-state index in [-0.39, 0.29) is 5.91 Å². The lowest BCUT2D eigenvalue weighted by Gasteiger charge is -2.13. The zero-order chi connectivity index (χ0) is 40.5. The monoisotopic (exact) mass is 788 g/mol. The Morgan fingerprint density at radius 1 is 0.286 bits per heavy atom. The zero-order valence-corrected chi connectivity index (χ0v) is 39.6. The van der Waals surface area contributed by atoms with Crippen molar-refractivity contribution in [2.24, 2.45) is 0 Å². The predicted octanol–water partition coefficient (Wildman–Crippen LogP) is 19.6. The fourth-order valence-corrected chi connectivity index (χ4v) is 8.90. The van der Waals surface area contributed by atoms with E-state index < -0.39 is 0 Å². The highest BCUT2D eigenvalue weighted by Crippen LogP contribution is 2.18. The van der Waals surface area contributed by atoms with Crippen LogP contribution < -0.4 is 5.32 Å². The smallest absolute Gasteiger partial charge is 0.220 e. The van der Waals surface area contributed by atoms with Gasteiger partial charge in [0.25, 0.3) is 0 Å². The summed E-state index contributed by atoms with van der Waals surface area (Å²) in [5.74, 6) is 0.283. The molecule has 0 spiro atoms. The largest absolute Gasteiger partial charge is 0.354 e. The molecular weight excluding hydrogens is 679 g/mol. The fourth-order valence-electron chi connectivity index (χ4n) is 8.90. The van der Waals surface area contributed by atoms with Crippen LogP contribution >= 0.6 is 0 Å². The Bertz CT molecular complexity index is 705. The molecule has 0 saturated carbocycles. The van der Waals surface area contributed by atoms with E-state index in [1.165, 1.54) is 295 Å². The van der Waals surface area contributed by atoms with Crippen LogP contribution in [-0.2, 0) is 4.79 Å². The molecule has 1 amide bonds. The van der Waals surface area contributed by atoms with Crippen LogP contribution in [0.1, 0.15) is 335 Å². The van der Waals surface area contributed by atoms with Crippen molar-refractivity contribution in [3.05, 3.63) is 0 Å². The molecule has 0 aromatic heterocycles. The molecule has 0 aromatic carbocycles. The van der Waals surface area contributed by atoms with Crippen molar-refractivity contribution in [1.29, 1.82) is 0 Å². The Morgan fingerprint density at radius 3 is 0.679 bits per heavy atom. The van der Waals surface area contributed by atoms with Crippen LogP contribution in [0.3, 0.4) is 0 Å². The first-order valence-electron chi connectivity index (χ1n) is 27.0. The summed E-state index contributed by atoms with van der Waals surface area (Å²) in [6.45, 7) is 6.82. The summed E-state index contributed by atoms with van der Waals surface area (Å²) in [6, 6.07) is 0.340. The van der Waals surface area contributed by atoms with Crippen molar-refractivity contribution < 1.29 is 4.79 Å². The molecule has 0 aromatic rings. The van der Waals surface area contributed by atoms with Gasteiger partial charge in [-0.05, 0) is 19.8 Å². The molecule has 0 radical (unpaired) electrons. The molecule has 0 aliphatic rings. The van der Waals surface area contributed by atoms with Crippen molar-refractivity contribution in [2.45, 2.75) is 341 Å². The Hall–Kier alpha value is -0.530. The van der Waals surface area contributed by atoms with Crippen LogP contribution in [0.4, 0.5) is 0 Å². The van der Waals surface area contributed by atoms with Crippen molar-refractivity contribution in [3.8, 4) is 0 Å². The van der Waals surface area contributed by atoms with E-state index in [9.17, 15) is 4.79 Å². The van der Waals surface area contributed by atoms with E-state index in [2.05, 4.69) is 26.1 Å². The van der Waals surface area contributed by atoms with E-state index in [0.717, 1.165) is 19.3 Å². The van der Waals surface area contributed by atoms with Crippen LogP contribution in [-0.4, -0.2) is 11.9 Å². The Labute approximate surface area is 356 Å². The van der Waals surface area contributed by atoms with E-state index in [0.29, 0.717) is 6.04 Å². The number of carbonyl (C=O) groups excluding carboxylic acids is 1. The van der Waals surface area contributed by atoms with Crippen molar-refractivity contribution in [2.75, 3.05) is 0 Å². The van der Waals surface area contributed by atoms with Crippen LogP contribution in [0.5, 0.6) is 0 Å². The summed E-state index contributed by atoms with van der Waals surface area (Å²) in [5.41, 5.74) is 0. The summed E-state index contributed by atoms with van der Waals surface area (Å²) in [7, 11) is 0. The molecule has 1 atom stereocenters. The predicted molar refractivity (Wildman–Crippen MR) is 255 cm³/mol. The zero-order valence-electron chi connectivity index (χ0n) is 39.6. The Morgan fingerprint density at radius 2 is 0.464 bits per heavy atom. The van der Waals surface area contributed by atoms with E-state index in [1.54, 1.807) is 0 Å². The lowest BCUT2D eigenvalue weighted by molar-refractivity contribution is -0.121. The summed E-state index contributed by atoms with van der Waals surface area (Å²) in [5, 5.41) is 3.27. The van der Waals surface area contributed by atoms with Gasteiger partial charge in [0.1, 0.15) is 0 Å². The molecule has 56 heavy (non-hydrogen) atoms. The second-order valence-electron chi connectivity index (χ2n) is 18.9. The standard InChI is InChI=1S/C54H109NO/c1-4-6-8-10-12-14-16-18-20-22-24-26-28-30-32-34-36-38-40-42-44-46-48-50-52-54(56)55-53(3)51-49-47-45-43-41-39-37-35-33-31-29-27-25-23-21-19-17-15-13-11-9-7-5-2/h53H,4-52H2,1-3H3,(H,55,56). The quantitative estimate of drug-likeness (QED) is 0.0611.